The average Bonchev–Trinajstić information content (AvgIpc) is 3.01. The van der Waals surface area contributed by atoms with Crippen molar-refractivity contribution in [2.45, 2.75) is 24.8 Å². The van der Waals surface area contributed by atoms with Crippen molar-refractivity contribution in [1.82, 2.24) is 14.8 Å². The van der Waals surface area contributed by atoms with Gasteiger partial charge in [0.05, 0.1) is 18.6 Å². The molecule has 2 atom stereocenters. The van der Waals surface area contributed by atoms with Gasteiger partial charge in [-0.3, -0.25) is 9.59 Å². The number of carbonyl (C=O) groups is 2. The molecule has 0 N–H and O–H groups in total. The average molecular weight is 245 g/mol. The first-order valence-electron chi connectivity index (χ1n) is 5.67. The normalized spacial score (nSPS) is 24.4. The van der Waals surface area contributed by atoms with Crippen molar-refractivity contribution in [2.75, 3.05) is 0 Å². The minimum Gasteiger partial charge on any atom is -0.469 e. The van der Waals surface area contributed by atoms with E-state index in [1.807, 2.05) is 0 Å². The summed E-state index contributed by atoms with van der Waals surface area (Å²) in [5.41, 5.74) is 0. The molecule has 1 fully saturated rings. The monoisotopic (exact) mass is 245 g/mol. The first kappa shape index (κ1) is 10.9. The molecule has 2 aromatic heterocycles. The zero-order valence-electron chi connectivity index (χ0n) is 9.52. The number of hydrogen-bond donors (Lipinski definition) is 0. The van der Waals surface area contributed by atoms with Gasteiger partial charge in [-0.25, -0.2) is 9.67 Å². The molecule has 0 saturated heterocycles. The van der Waals surface area contributed by atoms with Gasteiger partial charge in [0.2, 0.25) is 0 Å². The van der Waals surface area contributed by atoms with E-state index in [9.17, 15) is 9.59 Å². The predicted octanol–water partition coefficient (Wildman–Crippen LogP) is 1.13. The van der Waals surface area contributed by atoms with Crippen LogP contribution in [-0.4, -0.2) is 26.3 Å². The third kappa shape index (κ3) is 1.75. The lowest BCUT2D eigenvalue weighted by Gasteiger charge is -2.27. The lowest BCUT2D eigenvalue weighted by molar-refractivity contribution is -0.133. The molecule has 6 heteroatoms. The zero-order chi connectivity index (χ0) is 12.5. The SMILES string of the molecule is O=C1CC(=O)C(n2cncn2)C(c2ccco2)C1. The fraction of sp³-hybridized carbons (Fsp3) is 0.333. The van der Waals surface area contributed by atoms with Gasteiger partial charge in [-0.05, 0) is 12.1 Å². The smallest absolute Gasteiger partial charge is 0.165 e. The summed E-state index contributed by atoms with van der Waals surface area (Å²) in [5, 5.41) is 4.01. The standard InChI is InChI=1S/C12H11N3O3/c16-8-4-9(11-2-1-3-18-11)12(10(17)5-8)15-7-13-6-14-15/h1-3,6-7,9,12H,4-5H2. The quantitative estimate of drug-likeness (QED) is 0.741. The van der Waals surface area contributed by atoms with Gasteiger partial charge >= 0.3 is 0 Å². The van der Waals surface area contributed by atoms with Crippen LogP contribution < -0.4 is 0 Å². The Balaban J connectivity index is 2.01. The molecule has 0 amide bonds. The van der Waals surface area contributed by atoms with Crippen LogP contribution in [0.3, 0.4) is 0 Å². The number of furan rings is 1. The molecular weight excluding hydrogens is 234 g/mol. The Labute approximate surface area is 103 Å². The second-order valence-corrected chi connectivity index (χ2v) is 4.33. The van der Waals surface area contributed by atoms with Crippen molar-refractivity contribution in [3.8, 4) is 0 Å². The summed E-state index contributed by atoms with van der Waals surface area (Å²) in [6, 6.07) is 3.02. The zero-order valence-corrected chi connectivity index (χ0v) is 9.52. The van der Waals surface area contributed by atoms with Crippen LogP contribution in [0.4, 0.5) is 0 Å². The van der Waals surface area contributed by atoms with Crippen LogP contribution in [0.5, 0.6) is 0 Å². The van der Waals surface area contributed by atoms with Gasteiger partial charge in [0.25, 0.3) is 0 Å². The van der Waals surface area contributed by atoms with Gasteiger partial charge in [0, 0.05) is 6.42 Å². The third-order valence-corrected chi connectivity index (χ3v) is 3.16. The van der Waals surface area contributed by atoms with Gasteiger partial charge in [0.1, 0.15) is 30.2 Å². The highest BCUT2D eigenvalue weighted by Gasteiger charge is 2.40. The number of carbonyl (C=O) groups excluding carboxylic acids is 2. The highest BCUT2D eigenvalue weighted by Crippen LogP contribution is 2.37. The molecule has 0 aliphatic heterocycles. The van der Waals surface area contributed by atoms with E-state index in [-0.39, 0.29) is 23.9 Å². The highest BCUT2D eigenvalue weighted by molar-refractivity contribution is 6.04. The molecule has 0 radical (unpaired) electrons. The molecule has 2 unspecified atom stereocenters. The minimum atomic E-state index is -0.503. The molecule has 2 aromatic rings. The van der Waals surface area contributed by atoms with Gasteiger partial charge in [-0.2, -0.15) is 5.10 Å². The largest absolute Gasteiger partial charge is 0.469 e. The number of hydrogen-bond acceptors (Lipinski definition) is 5. The van der Waals surface area contributed by atoms with Crippen molar-refractivity contribution in [1.29, 1.82) is 0 Å². The maximum absolute atomic E-state index is 12.1. The highest BCUT2D eigenvalue weighted by atomic mass is 16.3. The second-order valence-electron chi connectivity index (χ2n) is 4.33. The van der Waals surface area contributed by atoms with Crippen LogP contribution >= 0.6 is 0 Å². The van der Waals surface area contributed by atoms with Crippen LogP contribution in [0.1, 0.15) is 30.6 Å². The number of rotatable bonds is 2. The van der Waals surface area contributed by atoms with Gasteiger partial charge < -0.3 is 4.42 Å². The van der Waals surface area contributed by atoms with Crippen LogP contribution in [0.2, 0.25) is 0 Å². The van der Waals surface area contributed by atoms with Gasteiger partial charge in [0.15, 0.2) is 5.78 Å². The lowest BCUT2D eigenvalue weighted by Crippen LogP contribution is -2.34. The fourth-order valence-electron chi connectivity index (χ4n) is 2.40. The van der Waals surface area contributed by atoms with E-state index in [1.165, 1.54) is 23.6 Å². The molecular formula is C12H11N3O3. The molecule has 1 aliphatic rings. The van der Waals surface area contributed by atoms with E-state index in [4.69, 9.17) is 4.42 Å². The van der Waals surface area contributed by atoms with Crippen LogP contribution in [0.25, 0.3) is 0 Å². The van der Waals surface area contributed by atoms with E-state index in [0.717, 1.165) is 0 Å². The predicted molar refractivity (Wildman–Crippen MR) is 59.8 cm³/mol. The van der Waals surface area contributed by atoms with E-state index < -0.39 is 6.04 Å². The Morgan fingerprint density at radius 1 is 1.39 bits per heavy atom. The van der Waals surface area contributed by atoms with Gasteiger partial charge in [-0.15, -0.1) is 0 Å². The van der Waals surface area contributed by atoms with Crippen molar-refractivity contribution >= 4 is 11.6 Å². The topological polar surface area (TPSA) is 78.0 Å². The molecule has 92 valence electrons. The van der Waals surface area contributed by atoms with Gasteiger partial charge in [-0.1, -0.05) is 0 Å². The molecule has 1 aliphatic carbocycles. The Bertz CT molecular complexity index is 559. The number of ketones is 2. The first-order chi connectivity index (χ1) is 8.75. The summed E-state index contributed by atoms with van der Waals surface area (Å²) in [5.74, 6) is 0.142. The van der Waals surface area contributed by atoms with Crippen molar-refractivity contribution in [2.24, 2.45) is 0 Å². The fourth-order valence-corrected chi connectivity index (χ4v) is 2.40. The summed E-state index contributed by atoms with van der Waals surface area (Å²) in [6.45, 7) is 0. The molecule has 6 nitrogen and oxygen atoms in total. The second kappa shape index (κ2) is 4.21. The summed E-state index contributed by atoms with van der Waals surface area (Å²) >= 11 is 0. The molecule has 3 rings (SSSR count). The minimum absolute atomic E-state index is 0.0399. The Morgan fingerprint density at radius 3 is 2.94 bits per heavy atom. The Morgan fingerprint density at radius 2 is 2.28 bits per heavy atom. The number of aromatic nitrogens is 3. The van der Waals surface area contributed by atoms with Crippen LogP contribution in [0.15, 0.2) is 35.5 Å². The Hall–Kier alpha value is -2.24. The van der Waals surface area contributed by atoms with Crippen molar-refractivity contribution < 1.29 is 14.0 Å². The summed E-state index contributed by atoms with van der Waals surface area (Å²) in [4.78, 5) is 27.5. The maximum Gasteiger partial charge on any atom is 0.165 e. The van der Waals surface area contributed by atoms with E-state index in [2.05, 4.69) is 10.1 Å². The summed E-state index contributed by atoms with van der Waals surface area (Å²) in [7, 11) is 0. The van der Waals surface area contributed by atoms with E-state index >= 15 is 0 Å². The molecule has 0 bridgehead atoms. The lowest BCUT2D eigenvalue weighted by atomic mass is 9.81. The molecule has 1 saturated carbocycles. The van der Waals surface area contributed by atoms with Crippen molar-refractivity contribution in [3.05, 3.63) is 36.8 Å². The number of Topliss-reactive ketones (excluding diaryl/α,β-unsaturated/α-hetero) is 2. The molecule has 2 heterocycles. The van der Waals surface area contributed by atoms with E-state index in [1.54, 1.807) is 12.1 Å². The number of nitrogens with zero attached hydrogens (tertiary/aromatic N) is 3. The molecule has 0 aromatic carbocycles. The maximum atomic E-state index is 12.1. The van der Waals surface area contributed by atoms with Crippen LogP contribution in [0, 0.1) is 0 Å². The summed E-state index contributed by atoms with van der Waals surface area (Å²) in [6.07, 6.45) is 4.67. The molecule has 0 spiro atoms. The Kier molecular flexibility index (Phi) is 2.55. The first-order valence-corrected chi connectivity index (χ1v) is 5.67. The molecule has 18 heavy (non-hydrogen) atoms. The van der Waals surface area contributed by atoms with Crippen molar-refractivity contribution in [3.63, 3.8) is 0 Å². The van der Waals surface area contributed by atoms with E-state index in [0.29, 0.717) is 12.2 Å². The van der Waals surface area contributed by atoms with Crippen LogP contribution in [-0.2, 0) is 9.59 Å². The third-order valence-electron chi connectivity index (χ3n) is 3.16. The summed E-state index contributed by atoms with van der Waals surface area (Å²) < 4.78 is 6.83.